The lowest BCUT2D eigenvalue weighted by Gasteiger charge is -2.10. The Labute approximate surface area is 50.4 Å². The average Bonchev–Trinajstić information content (AvgIpc) is 2.08. The Bertz CT molecular complexity index is 94.5. The molecule has 1 aliphatic heterocycles. The molecule has 1 saturated heterocycles. The monoisotopic (exact) mass is 139 g/mol. The maximum Gasteiger partial charge on any atom is 0.406 e. The van der Waals surface area contributed by atoms with Crippen molar-refractivity contribution in [1.82, 2.24) is 10.6 Å². The number of nitrogens with zero attached hydrogens (tertiary/aromatic N) is 1. The summed E-state index contributed by atoms with van der Waals surface area (Å²) >= 11 is 0. The molecule has 1 heterocycles. The third-order valence-corrected chi connectivity index (χ3v) is 1.14. The lowest BCUT2D eigenvalue weighted by atomic mass is 10.3. The molecule has 1 aliphatic rings. The van der Waals surface area contributed by atoms with E-state index in [1.54, 1.807) is 0 Å². The van der Waals surface area contributed by atoms with Gasteiger partial charge < -0.3 is 5.32 Å². The van der Waals surface area contributed by atoms with Gasteiger partial charge in [0, 0.05) is 6.54 Å². The number of hydrogen-bond acceptors (Lipinski definition) is 1. The molecule has 0 aliphatic carbocycles. The average molecular weight is 139 g/mol. The SMILES string of the molecule is FC(F)(F)C1CNC[N]1. The Hall–Kier alpha value is -0.290. The number of rotatable bonds is 0. The second kappa shape index (κ2) is 2.15. The summed E-state index contributed by atoms with van der Waals surface area (Å²) in [6.45, 7) is 0.0632. The van der Waals surface area contributed by atoms with Gasteiger partial charge in [-0.05, 0) is 0 Å². The Morgan fingerprint density at radius 3 is 2.33 bits per heavy atom. The molecule has 0 amide bonds. The van der Waals surface area contributed by atoms with Crippen molar-refractivity contribution in [2.24, 2.45) is 0 Å². The summed E-state index contributed by atoms with van der Waals surface area (Å²) in [6, 6.07) is -1.47. The Morgan fingerprint density at radius 2 is 2.11 bits per heavy atom. The van der Waals surface area contributed by atoms with Crippen LogP contribution in [-0.4, -0.2) is 25.4 Å². The van der Waals surface area contributed by atoms with Crippen LogP contribution in [0.4, 0.5) is 13.2 Å². The predicted molar refractivity (Wildman–Crippen MR) is 24.8 cm³/mol. The van der Waals surface area contributed by atoms with Gasteiger partial charge in [0.2, 0.25) is 0 Å². The maximum atomic E-state index is 11.6. The van der Waals surface area contributed by atoms with Crippen LogP contribution in [0.25, 0.3) is 0 Å². The molecule has 0 aromatic carbocycles. The van der Waals surface area contributed by atoms with Crippen LogP contribution in [0.2, 0.25) is 0 Å². The van der Waals surface area contributed by atoms with E-state index in [0.717, 1.165) is 0 Å². The summed E-state index contributed by atoms with van der Waals surface area (Å²) in [6.07, 6.45) is -4.15. The first-order valence-corrected chi connectivity index (χ1v) is 2.55. The predicted octanol–water partition coefficient (Wildman–Crippen LogP) is 0.0824. The molecule has 5 heteroatoms. The summed E-state index contributed by atoms with van der Waals surface area (Å²) in [5, 5.41) is 5.76. The molecule has 1 fully saturated rings. The van der Waals surface area contributed by atoms with Gasteiger partial charge in [-0.2, -0.15) is 13.2 Å². The zero-order valence-corrected chi connectivity index (χ0v) is 4.57. The second-order valence-corrected chi connectivity index (χ2v) is 1.85. The smallest absolute Gasteiger partial charge is 0.301 e. The summed E-state index contributed by atoms with van der Waals surface area (Å²) in [5.74, 6) is 0. The highest BCUT2D eigenvalue weighted by atomic mass is 19.4. The van der Waals surface area contributed by atoms with Crippen LogP contribution in [0.15, 0.2) is 0 Å². The minimum absolute atomic E-state index is 0.0660. The standard InChI is InChI=1S/C4H6F3N2/c5-4(6,7)3-1-8-2-9-3/h3,8H,1-2H2. The van der Waals surface area contributed by atoms with Gasteiger partial charge in [0.15, 0.2) is 0 Å². The molecule has 1 rings (SSSR count). The van der Waals surface area contributed by atoms with Crippen molar-refractivity contribution in [3.05, 3.63) is 0 Å². The molecule has 1 atom stereocenters. The topological polar surface area (TPSA) is 26.1 Å². The van der Waals surface area contributed by atoms with Crippen molar-refractivity contribution in [3.63, 3.8) is 0 Å². The molecule has 1 radical (unpaired) electrons. The van der Waals surface area contributed by atoms with Gasteiger partial charge in [-0.25, -0.2) is 5.32 Å². The van der Waals surface area contributed by atoms with Crippen molar-refractivity contribution in [3.8, 4) is 0 Å². The molecule has 1 unspecified atom stereocenters. The van der Waals surface area contributed by atoms with Crippen LogP contribution >= 0.6 is 0 Å². The number of halogens is 3. The highest BCUT2D eigenvalue weighted by molar-refractivity contribution is 4.81. The maximum absolute atomic E-state index is 11.6. The van der Waals surface area contributed by atoms with Crippen LogP contribution < -0.4 is 10.6 Å². The first kappa shape index (κ1) is 6.82. The van der Waals surface area contributed by atoms with Crippen LogP contribution in [0, 0.1) is 0 Å². The minimum atomic E-state index is -4.15. The Kier molecular flexibility index (Phi) is 1.63. The van der Waals surface area contributed by atoms with Crippen molar-refractivity contribution in [2.45, 2.75) is 12.2 Å². The van der Waals surface area contributed by atoms with Crippen molar-refractivity contribution in [2.75, 3.05) is 13.2 Å². The zero-order valence-electron chi connectivity index (χ0n) is 4.57. The zero-order chi connectivity index (χ0) is 6.91. The molecular weight excluding hydrogens is 133 g/mol. The number of alkyl halides is 3. The van der Waals surface area contributed by atoms with E-state index in [1.165, 1.54) is 0 Å². The van der Waals surface area contributed by atoms with E-state index >= 15 is 0 Å². The van der Waals surface area contributed by atoms with Gasteiger partial charge in [-0.15, -0.1) is 0 Å². The number of nitrogens with one attached hydrogen (secondary N) is 1. The molecule has 53 valence electrons. The summed E-state index contributed by atoms with van der Waals surface area (Å²) in [7, 11) is 0. The van der Waals surface area contributed by atoms with Gasteiger partial charge in [0.05, 0.1) is 6.67 Å². The van der Waals surface area contributed by atoms with Gasteiger partial charge in [0.1, 0.15) is 6.04 Å². The largest absolute Gasteiger partial charge is 0.406 e. The molecule has 0 saturated carbocycles. The van der Waals surface area contributed by atoms with E-state index in [2.05, 4.69) is 10.6 Å². The van der Waals surface area contributed by atoms with Crippen molar-refractivity contribution in [1.29, 1.82) is 0 Å². The molecule has 0 aromatic heterocycles. The van der Waals surface area contributed by atoms with Crippen LogP contribution in [0.5, 0.6) is 0 Å². The number of hydrogen-bond donors (Lipinski definition) is 1. The molecule has 0 bridgehead atoms. The van der Waals surface area contributed by atoms with E-state index in [0.29, 0.717) is 0 Å². The minimum Gasteiger partial charge on any atom is -0.301 e. The molecule has 2 nitrogen and oxygen atoms in total. The van der Waals surface area contributed by atoms with Crippen LogP contribution in [-0.2, 0) is 0 Å². The van der Waals surface area contributed by atoms with E-state index in [4.69, 9.17) is 0 Å². The van der Waals surface area contributed by atoms with Gasteiger partial charge in [-0.3, -0.25) is 0 Å². The fourth-order valence-electron chi connectivity index (χ4n) is 0.660. The second-order valence-electron chi connectivity index (χ2n) is 1.85. The van der Waals surface area contributed by atoms with E-state index in [9.17, 15) is 13.2 Å². The molecule has 9 heavy (non-hydrogen) atoms. The van der Waals surface area contributed by atoms with Gasteiger partial charge in [0.25, 0.3) is 0 Å². The fourth-order valence-corrected chi connectivity index (χ4v) is 0.660. The van der Waals surface area contributed by atoms with E-state index in [1.807, 2.05) is 0 Å². The lowest BCUT2D eigenvalue weighted by Crippen LogP contribution is -2.35. The quantitative estimate of drug-likeness (QED) is 0.505. The van der Waals surface area contributed by atoms with Crippen LogP contribution in [0.3, 0.4) is 0 Å². The highest BCUT2D eigenvalue weighted by Gasteiger charge is 2.41. The Morgan fingerprint density at radius 1 is 1.44 bits per heavy atom. The van der Waals surface area contributed by atoms with Gasteiger partial charge >= 0.3 is 6.18 Å². The highest BCUT2D eigenvalue weighted by Crippen LogP contribution is 2.21. The van der Waals surface area contributed by atoms with Crippen molar-refractivity contribution < 1.29 is 13.2 Å². The summed E-state index contributed by atoms with van der Waals surface area (Å²) in [4.78, 5) is 0. The van der Waals surface area contributed by atoms with Gasteiger partial charge in [-0.1, -0.05) is 0 Å². The Balaban J connectivity index is 2.42. The summed E-state index contributed by atoms with van der Waals surface area (Å²) < 4.78 is 34.9. The normalized spacial score (nSPS) is 29.0. The third kappa shape index (κ3) is 1.56. The van der Waals surface area contributed by atoms with E-state index in [-0.39, 0.29) is 13.2 Å². The first-order chi connectivity index (χ1) is 4.11. The molecule has 1 N–H and O–H groups in total. The van der Waals surface area contributed by atoms with Crippen molar-refractivity contribution >= 4 is 0 Å². The van der Waals surface area contributed by atoms with E-state index < -0.39 is 12.2 Å². The third-order valence-electron chi connectivity index (χ3n) is 1.14. The molecule has 0 aromatic rings. The summed E-state index contributed by atoms with van der Waals surface area (Å²) in [5.41, 5.74) is 0. The van der Waals surface area contributed by atoms with Crippen LogP contribution in [0.1, 0.15) is 0 Å². The molecule has 0 spiro atoms. The fraction of sp³-hybridized carbons (Fsp3) is 1.00. The first-order valence-electron chi connectivity index (χ1n) is 2.55. The molecular formula is C4H6F3N2. The lowest BCUT2D eigenvalue weighted by molar-refractivity contribution is -0.149.